The highest BCUT2D eigenvalue weighted by Gasteiger charge is 2.29. The Bertz CT molecular complexity index is 599. The fraction of sp³-hybridized carbons (Fsp3) is 0.833. The lowest BCUT2D eigenvalue weighted by Gasteiger charge is -2.33. The maximum Gasteiger partial charge on any atom is 0.236 e. The fourth-order valence-electron chi connectivity index (χ4n) is 3.68. The lowest BCUT2D eigenvalue weighted by atomic mass is 9.97. The minimum Gasteiger partial charge on any atom is -0.379 e. The van der Waals surface area contributed by atoms with Crippen LogP contribution >= 0.6 is 0 Å². The van der Waals surface area contributed by atoms with Gasteiger partial charge in [0.2, 0.25) is 5.91 Å². The van der Waals surface area contributed by atoms with Crippen molar-refractivity contribution in [3.8, 4) is 0 Å². The highest BCUT2D eigenvalue weighted by atomic mass is 16.5. The maximum atomic E-state index is 12.5. The van der Waals surface area contributed by atoms with E-state index in [1.807, 2.05) is 11.9 Å². The van der Waals surface area contributed by atoms with Gasteiger partial charge in [0.25, 0.3) is 0 Å². The maximum absolute atomic E-state index is 12.5. The Morgan fingerprint density at radius 2 is 2.04 bits per heavy atom. The van der Waals surface area contributed by atoms with Gasteiger partial charge in [0.1, 0.15) is 11.6 Å². The van der Waals surface area contributed by atoms with E-state index < -0.39 is 0 Å². The molecule has 0 aliphatic carbocycles. The number of hydrogen-bond acceptors (Lipinski definition) is 6. The van der Waals surface area contributed by atoms with Crippen LogP contribution < -0.4 is 0 Å². The molecule has 0 saturated carbocycles. The molecular weight excluding hydrogens is 332 g/mol. The number of carbonyl (C=O) groups is 1. The molecular formula is C18H32N6O2. The molecule has 2 aliphatic rings. The molecule has 0 aromatic carbocycles. The van der Waals surface area contributed by atoms with Crippen molar-refractivity contribution in [1.82, 2.24) is 29.5 Å². The monoisotopic (exact) mass is 364 g/mol. The number of carbonyl (C=O) groups excluding carboxylic acids is 1. The summed E-state index contributed by atoms with van der Waals surface area (Å²) in [6.07, 6.45) is 2.09. The van der Waals surface area contributed by atoms with E-state index in [2.05, 4.69) is 38.5 Å². The summed E-state index contributed by atoms with van der Waals surface area (Å²) in [5, 5.41) is 8.92. The molecule has 1 atom stereocenters. The summed E-state index contributed by atoms with van der Waals surface area (Å²) in [5.41, 5.74) is 0. The summed E-state index contributed by atoms with van der Waals surface area (Å²) in [7, 11) is 4.04. The molecule has 0 radical (unpaired) electrons. The number of morpholine rings is 1. The molecule has 0 unspecified atom stereocenters. The van der Waals surface area contributed by atoms with Gasteiger partial charge in [-0.05, 0) is 26.4 Å². The average Bonchev–Trinajstić information content (AvgIpc) is 3.03. The Hall–Kier alpha value is -1.51. The molecule has 2 saturated heterocycles. The first-order chi connectivity index (χ1) is 12.6. The van der Waals surface area contributed by atoms with Crippen molar-refractivity contribution in [2.45, 2.75) is 32.2 Å². The molecule has 1 aromatic rings. The Morgan fingerprint density at radius 1 is 1.27 bits per heavy atom. The predicted octanol–water partition coefficient (Wildman–Crippen LogP) is 0.305. The lowest BCUT2D eigenvalue weighted by molar-refractivity contribution is -0.133. The highest BCUT2D eigenvalue weighted by Crippen LogP contribution is 2.26. The number of hydrogen-bond donors (Lipinski definition) is 0. The fourth-order valence-corrected chi connectivity index (χ4v) is 3.68. The van der Waals surface area contributed by atoms with Crippen molar-refractivity contribution in [1.29, 1.82) is 0 Å². The van der Waals surface area contributed by atoms with Crippen LogP contribution in [-0.2, 0) is 23.1 Å². The van der Waals surface area contributed by atoms with Crippen molar-refractivity contribution >= 4 is 5.91 Å². The van der Waals surface area contributed by atoms with Gasteiger partial charge in [0.15, 0.2) is 0 Å². The zero-order chi connectivity index (χ0) is 18.5. The number of nitrogens with zero attached hydrogens (tertiary/aromatic N) is 6. The molecule has 0 bridgehead atoms. The van der Waals surface area contributed by atoms with Gasteiger partial charge in [-0.3, -0.25) is 14.6 Å². The zero-order valence-electron chi connectivity index (χ0n) is 16.4. The Labute approximate surface area is 156 Å². The third kappa shape index (κ3) is 4.61. The number of rotatable bonds is 6. The van der Waals surface area contributed by atoms with Gasteiger partial charge in [0.05, 0.1) is 26.3 Å². The van der Waals surface area contributed by atoms with Crippen molar-refractivity contribution in [3.63, 3.8) is 0 Å². The third-order valence-electron chi connectivity index (χ3n) is 5.55. The van der Waals surface area contributed by atoms with E-state index in [0.717, 1.165) is 77.0 Å². The van der Waals surface area contributed by atoms with E-state index in [1.54, 1.807) is 0 Å². The van der Waals surface area contributed by atoms with Crippen LogP contribution in [0.5, 0.6) is 0 Å². The molecule has 0 spiro atoms. The molecule has 8 heteroatoms. The van der Waals surface area contributed by atoms with Crippen molar-refractivity contribution in [2.75, 3.05) is 59.5 Å². The molecule has 1 amide bonds. The molecule has 3 heterocycles. The number of likely N-dealkylation sites (tertiary alicyclic amines) is 1. The van der Waals surface area contributed by atoms with Crippen molar-refractivity contribution in [3.05, 3.63) is 11.6 Å². The first-order valence-corrected chi connectivity index (χ1v) is 9.73. The second kappa shape index (κ2) is 8.92. The molecule has 1 aromatic heterocycles. The Balaban J connectivity index is 1.62. The summed E-state index contributed by atoms with van der Waals surface area (Å²) in [4.78, 5) is 18.9. The number of likely N-dealkylation sites (N-methyl/N-ethyl adjacent to an activating group) is 1. The van der Waals surface area contributed by atoms with E-state index in [0.29, 0.717) is 6.54 Å². The summed E-state index contributed by atoms with van der Waals surface area (Å²) in [6.45, 7) is 9.32. The second-order valence-electron chi connectivity index (χ2n) is 7.43. The first-order valence-electron chi connectivity index (χ1n) is 9.73. The minimum atomic E-state index is 0.217. The van der Waals surface area contributed by atoms with E-state index >= 15 is 0 Å². The number of amides is 1. The summed E-state index contributed by atoms with van der Waals surface area (Å²) in [6, 6.07) is 0. The molecule has 146 valence electrons. The van der Waals surface area contributed by atoms with Gasteiger partial charge in [-0.15, -0.1) is 10.2 Å². The Morgan fingerprint density at radius 3 is 2.77 bits per heavy atom. The largest absolute Gasteiger partial charge is 0.379 e. The second-order valence-corrected chi connectivity index (χ2v) is 7.43. The zero-order valence-corrected chi connectivity index (χ0v) is 16.4. The molecule has 26 heavy (non-hydrogen) atoms. The van der Waals surface area contributed by atoms with E-state index in [4.69, 9.17) is 4.74 Å². The first kappa shape index (κ1) is 19.3. The van der Waals surface area contributed by atoms with Crippen LogP contribution in [0.1, 0.15) is 37.3 Å². The molecule has 8 nitrogen and oxygen atoms in total. The van der Waals surface area contributed by atoms with Gasteiger partial charge in [0, 0.05) is 39.1 Å². The number of ether oxygens (including phenoxy) is 1. The van der Waals surface area contributed by atoms with Crippen LogP contribution in [0, 0.1) is 0 Å². The van der Waals surface area contributed by atoms with Crippen LogP contribution in [0.3, 0.4) is 0 Å². The van der Waals surface area contributed by atoms with Gasteiger partial charge >= 0.3 is 0 Å². The summed E-state index contributed by atoms with van der Waals surface area (Å²) in [5.74, 6) is 2.50. The Kier molecular flexibility index (Phi) is 6.61. The van der Waals surface area contributed by atoms with Crippen LogP contribution in [-0.4, -0.2) is 94.9 Å². The van der Waals surface area contributed by atoms with Crippen molar-refractivity contribution in [2.24, 2.45) is 7.05 Å². The van der Waals surface area contributed by atoms with E-state index in [9.17, 15) is 4.79 Å². The van der Waals surface area contributed by atoms with Gasteiger partial charge in [-0.2, -0.15) is 0 Å². The van der Waals surface area contributed by atoms with Crippen LogP contribution in [0.25, 0.3) is 0 Å². The summed E-state index contributed by atoms with van der Waals surface area (Å²) >= 11 is 0. The summed E-state index contributed by atoms with van der Waals surface area (Å²) < 4.78 is 7.54. The topological polar surface area (TPSA) is 66.7 Å². The van der Waals surface area contributed by atoms with Crippen LogP contribution in [0.2, 0.25) is 0 Å². The minimum absolute atomic E-state index is 0.217. The standard InChI is InChI=1S/C18H32N6O2/c1-4-21(2)14-17(25)24-7-5-6-15(12-24)18-20-19-16(22(18)3)13-23-8-10-26-11-9-23/h15H,4-14H2,1-3H3/t15-/m0/s1. The highest BCUT2D eigenvalue weighted by molar-refractivity contribution is 5.78. The van der Waals surface area contributed by atoms with Gasteiger partial charge < -0.3 is 14.2 Å². The molecule has 2 fully saturated rings. The van der Waals surface area contributed by atoms with Gasteiger partial charge in [-0.1, -0.05) is 6.92 Å². The molecule has 2 aliphatic heterocycles. The number of piperidine rings is 1. The average molecular weight is 364 g/mol. The van der Waals surface area contributed by atoms with Crippen LogP contribution in [0.15, 0.2) is 0 Å². The molecule has 0 N–H and O–H groups in total. The predicted molar refractivity (Wildman–Crippen MR) is 98.8 cm³/mol. The van der Waals surface area contributed by atoms with E-state index in [-0.39, 0.29) is 11.8 Å². The SMILES string of the molecule is CCN(C)CC(=O)N1CCC[C@H](c2nnc(CN3CCOCC3)n2C)C1. The van der Waals surface area contributed by atoms with E-state index in [1.165, 1.54) is 0 Å². The third-order valence-corrected chi connectivity index (χ3v) is 5.55. The van der Waals surface area contributed by atoms with Crippen molar-refractivity contribution < 1.29 is 9.53 Å². The van der Waals surface area contributed by atoms with Crippen LogP contribution in [0.4, 0.5) is 0 Å². The number of aromatic nitrogens is 3. The lowest BCUT2D eigenvalue weighted by Crippen LogP contribution is -2.44. The normalized spacial score (nSPS) is 22.2. The molecule has 3 rings (SSSR count). The smallest absolute Gasteiger partial charge is 0.236 e. The quantitative estimate of drug-likeness (QED) is 0.724. The van der Waals surface area contributed by atoms with Gasteiger partial charge in [-0.25, -0.2) is 0 Å².